The number of esters is 1. The van der Waals surface area contributed by atoms with Gasteiger partial charge in [-0.3, -0.25) is 4.79 Å². The molecule has 1 atom stereocenters. The van der Waals surface area contributed by atoms with Crippen LogP contribution in [0.2, 0.25) is 0 Å². The molecule has 0 radical (unpaired) electrons. The van der Waals surface area contributed by atoms with Crippen molar-refractivity contribution in [2.45, 2.75) is 38.7 Å². The van der Waals surface area contributed by atoms with E-state index in [-0.39, 0.29) is 12.1 Å². The zero-order chi connectivity index (χ0) is 14.1. The number of carbonyl (C=O) groups excluding carboxylic acids is 1. The second kappa shape index (κ2) is 8.53. The van der Waals surface area contributed by atoms with Gasteiger partial charge in [0.2, 0.25) is 0 Å². The van der Waals surface area contributed by atoms with E-state index in [2.05, 4.69) is 4.74 Å². The second-order valence-electron chi connectivity index (χ2n) is 4.56. The molecule has 1 rings (SSSR count). The Morgan fingerprint density at radius 2 is 2.00 bits per heavy atom. The molecule has 0 amide bonds. The molecule has 0 aromatic heterocycles. The summed E-state index contributed by atoms with van der Waals surface area (Å²) in [7, 11) is 1.38. The Hall–Kier alpha value is -1.55. The van der Waals surface area contributed by atoms with Crippen molar-refractivity contribution in [1.82, 2.24) is 0 Å². The third-order valence-corrected chi connectivity index (χ3v) is 2.80. The fourth-order valence-corrected chi connectivity index (χ4v) is 1.64. The summed E-state index contributed by atoms with van der Waals surface area (Å²) in [5.41, 5.74) is 1.18. The highest BCUT2D eigenvalue weighted by Gasteiger charge is 2.01. The number of aliphatic hydroxyl groups is 1. The summed E-state index contributed by atoms with van der Waals surface area (Å²) in [6.45, 7) is 2.29. The zero-order valence-corrected chi connectivity index (χ0v) is 11.6. The molecule has 1 N–H and O–H groups in total. The Morgan fingerprint density at radius 3 is 2.58 bits per heavy atom. The Morgan fingerprint density at radius 1 is 1.32 bits per heavy atom. The number of rotatable bonds is 8. The Labute approximate surface area is 114 Å². The molecular formula is C15H22O4. The molecule has 1 aromatic rings. The number of methoxy groups -OCH3 is 1. The number of ether oxygens (including phenoxy) is 2. The van der Waals surface area contributed by atoms with E-state index in [1.807, 2.05) is 24.3 Å². The molecule has 1 unspecified atom stereocenters. The number of hydrogen-bond acceptors (Lipinski definition) is 4. The van der Waals surface area contributed by atoms with E-state index in [1.165, 1.54) is 12.7 Å². The second-order valence-corrected chi connectivity index (χ2v) is 4.56. The van der Waals surface area contributed by atoms with Crippen LogP contribution in [-0.4, -0.2) is 30.9 Å². The van der Waals surface area contributed by atoms with Gasteiger partial charge in [0.05, 0.1) is 19.8 Å². The molecule has 0 spiro atoms. The molecule has 0 fully saturated rings. The van der Waals surface area contributed by atoms with Gasteiger partial charge in [-0.15, -0.1) is 0 Å². The zero-order valence-electron chi connectivity index (χ0n) is 11.6. The van der Waals surface area contributed by atoms with Gasteiger partial charge in [0.1, 0.15) is 5.75 Å². The van der Waals surface area contributed by atoms with E-state index in [4.69, 9.17) is 4.74 Å². The van der Waals surface area contributed by atoms with Crippen molar-refractivity contribution in [1.29, 1.82) is 0 Å². The van der Waals surface area contributed by atoms with Crippen molar-refractivity contribution in [3.05, 3.63) is 29.8 Å². The highest BCUT2D eigenvalue weighted by Crippen LogP contribution is 2.14. The molecule has 4 nitrogen and oxygen atoms in total. The van der Waals surface area contributed by atoms with Crippen molar-refractivity contribution >= 4 is 5.97 Å². The summed E-state index contributed by atoms with van der Waals surface area (Å²) >= 11 is 0. The lowest BCUT2D eigenvalue weighted by molar-refractivity contribution is -0.140. The maximum Gasteiger partial charge on any atom is 0.305 e. The van der Waals surface area contributed by atoms with E-state index < -0.39 is 0 Å². The molecule has 0 heterocycles. The van der Waals surface area contributed by atoms with Crippen molar-refractivity contribution in [3.8, 4) is 5.75 Å². The minimum atomic E-state index is -0.269. The van der Waals surface area contributed by atoms with Crippen LogP contribution < -0.4 is 4.74 Å². The molecule has 19 heavy (non-hydrogen) atoms. The molecule has 4 heteroatoms. The highest BCUT2D eigenvalue weighted by molar-refractivity contribution is 5.69. The summed E-state index contributed by atoms with van der Waals surface area (Å²) in [6, 6.07) is 7.82. The van der Waals surface area contributed by atoms with E-state index in [9.17, 15) is 9.90 Å². The van der Waals surface area contributed by atoms with E-state index in [0.29, 0.717) is 19.4 Å². The van der Waals surface area contributed by atoms with Crippen LogP contribution in [0.25, 0.3) is 0 Å². The Bertz CT molecular complexity index is 370. The third-order valence-electron chi connectivity index (χ3n) is 2.80. The summed E-state index contributed by atoms with van der Waals surface area (Å²) in [5.74, 6) is 0.586. The molecule has 106 valence electrons. The molecule has 0 aliphatic carbocycles. The molecular weight excluding hydrogens is 244 g/mol. The quantitative estimate of drug-likeness (QED) is 0.579. The van der Waals surface area contributed by atoms with Crippen LogP contribution in [0.3, 0.4) is 0 Å². The van der Waals surface area contributed by atoms with Gasteiger partial charge in [0.25, 0.3) is 0 Å². The maximum atomic E-state index is 10.9. The van der Waals surface area contributed by atoms with Crippen LogP contribution in [0, 0.1) is 0 Å². The average Bonchev–Trinajstić information content (AvgIpc) is 2.42. The van der Waals surface area contributed by atoms with Gasteiger partial charge >= 0.3 is 5.97 Å². The van der Waals surface area contributed by atoms with Crippen LogP contribution in [0.1, 0.15) is 31.7 Å². The van der Waals surface area contributed by atoms with Gasteiger partial charge in [-0.25, -0.2) is 0 Å². The molecule has 0 aliphatic heterocycles. The smallest absolute Gasteiger partial charge is 0.305 e. The monoisotopic (exact) mass is 266 g/mol. The fraction of sp³-hybridized carbons (Fsp3) is 0.533. The number of aryl methyl sites for hydroxylation is 1. The largest absolute Gasteiger partial charge is 0.494 e. The first-order valence-corrected chi connectivity index (χ1v) is 6.58. The maximum absolute atomic E-state index is 10.9. The van der Waals surface area contributed by atoms with Crippen LogP contribution in [-0.2, 0) is 16.0 Å². The Balaban J connectivity index is 2.26. The predicted molar refractivity (Wildman–Crippen MR) is 73.2 cm³/mol. The van der Waals surface area contributed by atoms with Crippen LogP contribution in [0.15, 0.2) is 24.3 Å². The predicted octanol–water partition coefficient (Wildman–Crippen LogP) is 2.33. The number of aliphatic hydroxyl groups excluding tert-OH is 1. The van der Waals surface area contributed by atoms with Gasteiger partial charge in [-0.2, -0.15) is 0 Å². The fourth-order valence-electron chi connectivity index (χ4n) is 1.64. The minimum absolute atomic E-state index is 0.211. The van der Waals surface area contributed by atoms with Crippen molar-refractivity contribution < 1.29 is 19.4 Å². The molecule has 0 saturated heterocycles. The van der Waals surface area contributed by atoms with Crippen molar-refractivity contribution in [3.63, 3.8) is 0 Å². The van der Waals surface area contributed by atoms with Gasteiger partial charge in [-0.1, -0.05) is 12.1 Å². The van der Waals surface area contributed by atoms with E-state index in [1.54, 1.807) is 6.92 Å². The van der Waals surface area contributed by atoms with Gasteiger partial charge in [0, 0.05) is 6.42 Å². The molecule has 0 aliphatic rings. The van der Waals surface area contributed by atoms with Crippen molar-refractivity contribution in [2.75, 3.05) is 13.7 Å². The normalized spacial score (nSPS) is 11.9. The van der Waals surface area contributed by atoms with Crippen LogP contribution in [0.4, 0.5) is 0 Å². The van der Waals surface area contributed by atoms with E-state index >= 15 is 0 Å². The number of carbonyl (C=O) groups is 1. The van der Waals surface area contributed by atoms with Gasteiger partial charge in [0.15, 0.2) is 0 Å². The first kappa shape index (κ1) is 15.5. The standard InChI is InChI=1S/C15H22O4/c1-12(16)5-6-13-7-9-14(10-8-13)19-11-3-4-15(17)18-2/h7-10,12,16H,3-6,11H2,1-2H3. The first-order chi connectivity index (χ1) is 9.11. The summed E-state index contributed by atoms with van der Waals surface area (Å²) in [5, 5.41) is 9.21. The first-order valence-electron chi connectivity index (χ1n) is 6.58. The lowest BCUT2D eigenvalue weighted by Gasteiger charge is -2.07. The third kappa shape index (κ3) is 6.82. The topological polar surface area (TPSA) is 55.8 Å². The lowest BCUT2D eigenvalue weighted by atomic mass is 10.1. The minimum Gasteiger partial charge on any atom is -0.494 e. The summed E-state index contributed by atoms with van der Waals surface area (Å²) < 4.78 is 10.1. The van der Waals surface area contributed by atoms with Gasteiger partial charge in [-0.05, 0) is 43.9 Å². The van der Waals surface area contributed by atoms with E-state index in [0.717, 1.165) is 18.6 Å². The summed E-state index contributed by atoms with van der Waals surface area (Å²) in [6.07, 6.45) is 2.38. The van der Waals surface area contributed by atoms with Crippen molar-refractivity contribution in [2.24, 2.45) is 0 Å². The molecule has 0 bridgehead atoms. The van der Waals surface area contributed by atoms with Gasteiger partial charge < -0.3 is 14.6 Å². The number of benzene rings is 1. The SMILES string of the molecule is COC(=O)CCCOc1ccc(CCC(C)O)cc1. The highest BCUT2D eigenvalue weighted by atomic mass is 16.5. The number of hydrogen-bond donors (Lipinski definition) is 1. The Kier molecular flexibility index (Phi) is 6.97. The van der Waals surface area contributed by atoms with Crippen LogP contribution in [0.5, 0.6) is 5.75 Å². The van der Waals surface area contributed by atoms with Crippen LogP contribution >= 0.6 is 0 Å². The summed E-state index contributed by atoms with van der Waals surface area (Å²) in [4.78, 5) is 10.9. The molecule has 1 aromatic carbocycles. The lowest BCUT2D eigenvalue weighted by Crippen LogP contribution is -2.04. The average molecular weight is 266 g/mol. The molecule has 0 saturated carbocycles.